The number of aliphatic carboxylic acids is 1. The van der Waals surface area contributed by atoms with E-state index in [9.17, 15) is 9.59 Å². The van der Waals surface area contributed by atoms with Gasteiger partial charge in [-0.3, -0.25) is 9.59 Å². The zero-order valence-electron chi connectivity index (χ0n) is 12.1. The number of carbonyl (C=O) groups is 2. The summed E-state index contributed by atoms with van der Waals surface area (Å²) in [6.07, 6.45) is -0.324. The van der Waals surface area contributed by atoms with E-state index in [1.165, 1.54) is 7.11 Å². The highest BCUT2D eigenvalue weighted by molar-refractivity contribution is 5.83. The van der Waals surface area contributed by atoms with E-state index in [0.29, 0.717) is 6.42 Å². The second-order valence-electron chi connectivity index (χ2n) is 5.29. The first-order chi connectivity index (χ1) is 9.35. The topological polar surface area (TPSA) is 75.6 Å². The van der Waals surface area contributed by atoms with Crippen LogP contribution < -0.4 is 5.32 Å². The molecule has 1 amide bonds. The molecule has 0 saturated heterocycles. The van der Waals surface area contributed by atoms with Gasteiger partial charge in [0.25, 0.3) is 5.91 Å². The van der Waals surface area contributed by atoms with E-state index in [1.807, 2.05) is 30.3 Å². The number of carbonyl (C=O) groups excluding carboxylic acids is 1. The van der Waals surface area contributed by atoms with Crippen LogP contribution in [0.25, 0.3) is 0 Å². The smallest absolute Gasteiger partial charge is 0.303 e. The Hall–Kier alpha value is -1.88. The second-order valence-corrected chi connectivity index (χ2v) is 5.29. The van der Waals surface area contributed by atoms with Gasteiger partial charge in [-0.2, -0.15) is 0 Å². The van der Waals surface area contributed by atoms with Crippen LogP contribution in [-0.4, -0.2) is 29.6 Å². The molecule has 0 aromatic heterocycles. The standard InChI is InChI=1S/C15H21NO4/c1-15(2,10-9-12(17)18)16-14(19)13(20-3)11-7-5-4-6-8-11/h4-8,13H,9-10H2,1-3H3,(H,16,19)(H,17,18). The van der Waals surface area contributed by atoms with Gasteiger partial charge >= 0.3 is 5.97 Å². The highest BCUT2D eigenvalue weighted by atomic mass is 16.5. The minimum Gasteiger partial charge on any atom is -0.481 e. The fourth-order valence-corrected chi connectivity index (χ4v) is 1.90. The van der Waals surface area contributed by atoms with Crippen molar-refractivity contribution < 1.29 is 19.4 Å². The summed E-state index contributed by atoms with van der Waals surface area (Å²) in [5, 5.41) is 11.5. The van der Waals surface area contributed by atoms with E-state index in [0.717, 1.165) is 5.56 Å². The zero-order valence-corrected chi connectivity index (χ0v) is 12.1. The fourth-order valence-electron chi connectivity index (χ4n) is 1.90. The van der Waals surface area contributed by atoms with E-state index < -0.39 is 17.6 Å². The Morgan fingerprint density at radius 1 is 1.30 bits per heavy atom. The van der Waals surface area contributed by atoms with Crippen molar-refractivity contribution in [3.05, 3.63) is 35.9 Å². The van der Waals surface area contributed by atoms with Crippen LogP contribution in [0.5, 0.6) is 0 Å². The minimum atomic E-state index is -0.876. The molecule has 0 aliphatic rings. The number of amides is 1. The van der Waals surface area contributed by atoms with Crippen LogP contribution >= 0.6 is 0 Å². The summed E-state index contributed by atoms with van der Waals surface area (Å²) in [5.74, 6) is -1.15. The molecular weight excluding hydrogens is 258 g/mol. The number of ether oxygens (including phenoxy) is 1. The number of carboxylic acid groups (broad SMARTS) is 1. The van der Waals surface area contributed by atoms with Crippen LogP contribution in [0.1, 0.15) is 38.4 Å². The molecule has 2 N–H and O–H groups in total. The molecule has 0 saturated carbocycles. The molecule has 5 nitrogen and oxygen atoms in total. The van der Waals surface area contributed by atoms with E-state index >= 15 is 0 Å². The lowest BCUT2D eigenvalue weighted by molar-refractivity contribution is -0.138. The number of methoxy groups -OCH3 is 1. The van der Waals surface area contributed by atoms with Gasteiger partial charge in [0.2, 0.25) is 0 Å². The Kier molecular flexibility index (Phi) is 5.70. The molecule has 0 aliphatic heterocycles. The molecule has 0 radical (unpaired) electrons. The monoisotopic (exact) mass is 279 g/mol. The van der Waals surface area contributed by atoms with Gasteiger partial charge in [-0.25, -0.2) is 0 Å². The predicted molar refractivity (Wildman–Crippen MR) is 75.3 cm³/mol. The summed E-state index contributed by atoms with van der Waals surface area (Å²) in [5.41, 5.74) is 0.169. The van der Waals surface area contributed by atoms with Gasteiger partial charge in [0, 0.05) is 19.1 Å². The molecule has 0 aliphatic carbocycles. The van der Waals surface area contributed by atoms with Crippen molar-refractivity contribution in [2.24, 2.45) is 0 Å². The molecule has 0 bridgehead atoms. The number of benzene rings is 1. The zero-order chi connectivity index (χ0) is 15.2. The van der Waals surface area contributed by atoms with Crippen molar-refractivity contribution in [1.82, 2.24) is 5.32 Å². The Morgan fingerprint density at radius 2 is 1.90 bits per heavy atom. The Balaban J connectivity index is 2.70. The average molecular weight is 279 g/mol. The molecule has 20 heavy (non-hydrogen) atoms. The third kappa shape index (κ3) is 5.01. The lowest BCUT2D eigenvalue weighted by Gasteiger charge is -2.28. The Bertz CT molecular complexity index is 456. The van der Waals surface area contributed by atoms with Gasteiger partial charge in [0.05, 0.1) is 0 Å². The molecular formula is C15H21NO4. The second kappa shape index (κ2) is 7.05. The van der Waals surface area contributed by atoms with Crippen LogP contribution in [0.4, 0.5) is 0 Å². The first-order valence-corrected chi connectivity index (χ1v) is 6.47. The van der Waals surface area contributed by atoms with Crippen molar-refractivity contribution >= 4 is 11.9 Å². The summed E-state index contributed by atoms with van der Waals surface area (Å²) in [6.45, 7) is 3.59. The summed E-state index contributed by atoms with van der Waals surface area (Å²) < 4.78 is 5.24. The summed E-state index contributed by atoms with van der Waals surface area (Å²) in [7, 11) is 1.47. The van der Waals surface area contributed by atoms with E-state index in [2.05, 4.69) is 5.32 Å². The maximum absolute atomic E-state index is 12.3. The SMILES string of the molecule is COC(C(=O)NC(C)(C)CCC(=O)O)c1ccccc1. The number of rotatable bonds is 7. The highest BCUT2D eigenvalue weighted by Gasteiger charge is 2.27. The molecule has 1 unspecified atom stereocenters. The van der Waals surface area contributed by atoms with Gasteiger partial charge in [-0.15, -0.1) is 0 Å². The molecule has 0 spiro atoms. The highest BCUT2D eigenvalue weighted by Crippen LogP contribution is 2.19. The molecule has 110 valence electrons. The molecule has 5 heteroatoms. The summed E-state index contributed by atoms with van der Waals surface area (Å²) >= 11 is 0. The van der Waals surface area contributed by atoms with Gasteiger partial charge < -0.3 is 15.2 Å². The Morgan fingerprint density at radius 3 is 2.40 bits per heavy atom. The van der Waals surface area contributed by atoms with Crippen molar-refractivity contribution in [2.75, 3.05) is 7.11 Å². The molecule has 1 aromatic carbocycles. The van der Waals surface area contributed by atoms with Crippen LogP contribution in [0, 0.1) is 0 Å². The van der Waals surface area contributed by atoms with Crippen LogP contribution in [0.2, 0.25) is 0 Å². The molecule has 0 fully saturated rings. The van der Waals surface area contributed by atoms with Crippen molar-refractivity contribution in [3.63, 3.8) is 0 Å². The first-order valence-electron chi connectivity index (χ1n) is 6.47. The van der Waals surface area contributed by atoms with Gasteiger partial charge in [-0.05, 0) is 25.8 Å². The number of nitrogens with one attached hydrogen (secondary N) is 1. The first kappa shape index (κ1) is 16.2. The average Bonchev–Trinajstić information content (AvgIpc) is 2.38. The van der Waals surface area contributed by atoms with Crippen LogP contribution in [0.15, 0.2) is 30.3 Å². The molecule has 1 atom stereocenters. The van der Waals surface area contributed by atoms with Gasteiger partial charge in [0.15, 0.2) is 6.10 Å². The number of hydrogen-bond acceptors (Lipinski definition) is 3. The van der Waals surface area contributed by atoms with Crippen molar-refractivity contribution in [3.8, 4) is 0 Å². The number of hydrogen-bond donors (Lipinski definition) is 2. The van der Waals surface area contributed by atoms with Gasteiger partial charge in [-0.1, -0.05) is 30.3 Å². The minimum absolute atomic E-state index is 0.0102. The quantitative estimate of drug-likeness (QED) is 0.801. The van der Waals surface area contributed by atoms with Crippen molar-refractivity contribution in [1.29, 1.82) is 0 Å². The molecule has 0 heterocycles. The molecule has 1 rings (SSSR count). The number of carboxylic acids is 1. The summed E-state index contributed by atoms with van der Waals surface area (Å²) in [4.78, 5) is 22.9. The predicted octanol–water partition coefficient (Wildman–Crippen LogP) is 2.13. The third-order valence-electron chi connectivity index (χ3n) is 3.00. The summed E-state index contributed by atoms with van der Waals surface area (Å²) in [6, 6.07) is 9.18. The van der Waals surface area contributed by atoms with E-state index in [1.54, 1.807) is 13.8 Å². The van der Waals surface area contributed by atoms with E-state index in [4.69, 9.17) is 9.84 Å². The Labute approximate surface area is 118 Å². The van der Waals surface area contributed by atoms with E-state index in [-0.39, 0.29) is 12.3 Å². The third-order valence-corrected chi connectivity index (χ3v) is 3.00. The fraction of sp³-hybridized carbons (Fsp3) is 0.467. The van der Waals surface area contributed by atoms with Crippen molar-refractivity contribution in [2.45, 2.75) is 38.3 Å². The largest absolute Gasteiger partial charge is 0.481 e. The normalized spacial score (nSPS) is 12.8. The maximum Gasteiger partial charge on any atom is 0.303 e. The maximum atomic E-state index is 12.3. The van der Waals surface area contributed by atoms with Crippen LogP contribution in [0.3, 0.4) is 0 Å². The lowest BCUT2D eigenvalue weighted by atomic mass is 9.97. The van der Waals surface area contributed by atoms with Gasteiger partial charge in [0.1, 0.15) is 0 Å². The van der Waals surface area contributed by atoms with Crippen LogP contribution in [-0.2, 0) is 14.3 Å². The lowest BCUT2D eigenvalue weighted by Crippen LogP contribution is -2.46. The molecule has 1 aromatic rings.